The van der Waals surface area contributed by atoms with Gasteiger partial charge in [0.25, 0.3) is 11.1 Å². The number of nitrogens with zero attached hydrogens (tertiary/aromatic N) is 1. The maximum Gasteiger partial charge on any atom is 0.293 e. The Hall–Kier alpha value is -0.820. The number of thioether (sulfide) groups is 1. The van der Waals surface area contributed by atoms with Crippen molar-refractivity contribution < 1.29 is 9.59 Å². The molecule has 1 aliphatic heterocycles. The van der Waals surface area contributed by atoms with Gasteiger partial charge in [-0.05, 0) is 58.1 Å². The number of hydrogen-bond donors (Lipinski definition) is 0. The summed E-state index contributed by atoms with van der Waals surface area (Å²) in [5.41, 5.74) is 0.930. The molecule has 0 unspecified atom stereocenters. The Bertz CT molecular complexity index is 481. The van der Waals surface area contributed by atoms with Crippen LogP contribution in [0.5, 0.6) is 0 Å². The lowest BCUT2D eigenvalue weighted by Gasteiger charge is -2.01. The zero-order valence-electron chi connectivity index (χ0n) is 8.44. The molecule has 0 bridgehead atoms. The lowest BCUT2D eigenvalue weighted by molar-refractivity contribution is -0.121. The van der Waals surface area contributed by atoms with Gasteiger partial charge in [-0.1, -0.05) is 12.1 Å². The topological polar surface area (TPSA) is 37.4 Å². The van der Waals surface area contributed by atoms with Crippen molar-refractivity contribution in [2.45, 2.75) is 0 Å². The molecule has 0 N–H and O–H groups in total. The highest BCUT2D eigenvalue weighted by atomic mass is 127. The third-order valence-corrected chi connectivity index (χ3v) is 3.83. The smallest absolute Gasteiger partial charge is 0.272 e. The molecule has 0 saturated carbocycles. The van der Waals surface area contributed by atoms with Crippen LogP contribution in [0, 0.1) is 3.57 Å². The Labute approximate surface area is 111 Å². The normalized spacial score (nSPS) is 18.6. The average Bonchev–Trinajstić information content (AvgIpc) is 2.50. The first kappa shape index (κ1) is 11.7. The van der Waals surface area contributed by atoms with Crippen LogP contribution in [0.2, 0.25) is 0 Å². The van der Waals surface area contributed by atoms with Crippen LogP contribution >= 0.6 is 34.4 Å². The highest BCUT2D eigenvalue weighted by Gasteiger charge is 2.31. The van der Waals surface area contributed by atoms with E-state index in [-0.39, 0.29) is 11.1 Å². The van der Waals surface area contributed by atoms with E-state index in [4.69, 9.17) is 0 Å². The van der Waals surface area contributed by atoms with E-state index in [1.165, 1.54) is 7.05 Å². The fraction of sp³-hybridized carbons (Fsp3) is 0.0909. The van der Waals surface area contributed by atoms with Crippen molar-refractivity contribution >= 4 is 51.6 Å². The van der Waals surface area contributed by atoms with Gasteiger partial charge in [0, 0.05) is 10.6 Å². The first-order valence-electron chi connectivity index (χ1n) is 4.55. The van der Waals surface area contributed by atoms with Crippen LogP contribution in [0.25, 0.3) is 6.08 Å². The fourth-order valence-corrected chi connectivity index (χ4v) is 2.44. The predicted molar refractivity (Wildman–Crippen MR) is 72.9 cm³/mol. The largest absolute Gasteiger partial charge is 0.293 e. The van der Waals surface area contributed by atoms with Crippen molar-refractivity contribution in [1.29, 1.82) is 0 Å². The molecule has 1 saturated heterocycles. The van der Waals surface area contributed by atoms with Crippen molar-refractivity contribution in [2.75, 3.05) is 7.05 Å². The maximum absolute atomic E-state index is 11.6. The number of benzene rings is 1. The second kappa shape index (κ2) is 4.58. The second-order valence-corrected chi connectivity index (χ2v) is 5.53. The molecule has 5 heteroatoms. The molecule has 1 fully saturated rings. The molecule has 1 aliphatic rings. The quantitative estimate of drug-likeness (QED) is 0.580. The minimum Gasteiger partial charge on any atom is -0.272 e. The molecule has 0 aliphatic carbocycles. The van der Waals surface area contributed by atoms with E-state index in [0.717, 1.165) is 25.8 Å². The number of rotatable bonds is 1. The van der Waals surface area contributed by atoms with Gasteiger partial charge >= 0.3 is 0 Å². The molecule has 16 heavy (non-hydrogen) atoms. The number of amides is 2. The molecule has 2 rings (SSSR count). The van der Waals surface area contributed by atoms with Crippen molar-refractivity contribution in [3.8, 4) is 0 Å². The Morgan fingerprint density at radius 2 is 1.88 bits per heavy atom. The standard InChI is InChI=1S/C11H8INO2S/c1-13-10(14)9(16-11(13)15)6-7-2-4-8(12)5-3-7/h2-6H,1H3/b9-6+. The van der Waals surface area contributed by atoms with Gasteiger partial charge in [0.2, 0.25) is 0 Å². The van der Waals surface area contributed by atoms with Gasteiger partial charge in [0.15, 0.2) is 0 Å². The molecule has 1 aromatic carbocycles. The van der Waals surface area contributed by atoms with Crippen LogP contribution < -0.4 is 0 Å². The highest BCUT2D eigenvalue weighted by Crippen LogP contribution is 2.30. The van der Waals surface area contributed by atoms with Crippen LogP contribution in [-0.4, -0.2) is 23.1 Å². The second-order valence-electron chi connectivity index (χ2n) is 3.29. The fourth-order valence-electron chi connectivity index (χ4n) is 1.26. The summed E-state index contributed by atoms with van der Waals surface area (Å²) < 4.78 is 1.14. The summed E-state index contributed by atoms with van der Waals surface area (Å²) in [5, 5.41) is -0.221. The molecule has 1 heterocycles. The number of hydrogen-bond acceptors (Lipinski definition) is 3. The molecular weight excluding hydrogens is 337 g/mol. The first-order valence-corrected chi connectivity index (χ1v) is 6.44. The Kier molecular flexibility index (Phi) is 3.34. The van der Waals surface area contributed by atoms with Crippen molar-refractivity contribution in [1.82, 2.24) is 4.90 Å². The van der Waals surface area contributed by atoms with Crippen molar-refractivity contribution in [2.24, 2.45) is 0 Å². The van der Waals surface area contributed by atoms with Crippen LogP contribution in [0.15, 0.2) is 29.2 Å². The summed E-state index contributed by atoms with van der Waals surface area (Å²) in [4.78, 5) is 24.5. The van der Waals surface area contributed by atoms with E-state index in [1.54, 1.807) is 6.08 Å². The monoisotopic (exact) mass is 345 g/mol. The molecule has 0 spiro atoms. The van der Waals surface area contributed by atoms with Gasteiger partial charge in [0.1, 0.15) is 0 Å². The van der Waals surface area contributed by atoms with Crippen LogP contribution in [0.4, 0.5) is 4.79 Å². The van der Waals surface area contributed by atoms with Gasteiger partial charge < -0.3 is 0 Å². The Morgan fingerprint density at radius 3 is 2.38 bits per heavy atom. The summed E-state index contributed by atoms with van der Waals surface area (Å²) in [6, 6.07) is 7.77. The molecule has 0 atom stereocenters. The summed E-state index contributed by atoms with van der Waals surface area (Å²) in [5.74, 6) is -0.228. The van der Waals surface area contributed by atoms with Crippen molar-refractivity contribution in [3.05, 3.63) is 38.3 Å². The van der Waals surface area contributed by atoms with Gasteiger partial charge in [-0.2, -0.15) is 0 Å². The van der Waals surface area contributed by atoms with Gasteiger partial charge in [-0.3, -0.25) is 14.5 Å². The maximum atomic E-state index is 11.6. The summed E-state index contributed by atoms with van der Waals surface area (Å²) in [7, 11) is 1.49. The third kappa shape index (κ3) is 2.30. The van der Waals surface area contributed by atoms with Crippen molar-refractivity contribution in [3.63, 3.8) is 0 Å². The predicted octanol–water partition coefficient (Wildman–Crippen LogP) is 2.96. The number of carbonyl (C=O) groups excluding carboxylic acids is 2. The zero-order chi connectivity index (χ0) is 11.7. The van der Waals surface area contributed by atoms with E-state index >= 15 is 0 Å². The Morgan fingerprint density at radius 1 is 1.25 bits per heavy atom. The minimum absolute atomic E-state index is 0.221. The molecule has 0 radical (unpaired) electrons. The molecule has 3 nitrogen and oxygen atoms in total. The molecule has 0 aromatic heterocycles. The summed E-state index contributed by atoms with van der Waals surface area (Å²) in [6.07, 6.45) is 1.74. The van der Waals surface area contributed by atoms with Crippen LogP contribution in [-0.2, 0) is 4.79 Å². The highest BCUT2D eigenvalue weighted by molar-refractivity contribution is 14.1. The minimum atomic E-state index is -0.228. The zero-order valence-corrected chi connectivity index (χ0v) is 11.4. The Balaban J connectivity index is 2.29. The number of halogens is 1. The molecule has 1 aromatic rings. The molecule has 2 amide bonds. The summed E-state index contributed by atoms with van der Waals surface area (Å²) >= 11 is 3.19. The van der Waals surface area contributed by atoms with Gasteiger partial charge in [0.05, 0.1) is 4.91 Å². The number of likely N-dealkylation sites (N-methyl/N-ethyl adjacent to an activating group) is 1. The van der Waals surface area contributed by atoms with E-state index in [9.17, 15) is 9.59 Å². The van der Waals surface area contributed by atoms with E-state index in [0.29, 0.717) is 4.91 Å². The van der Waals surface area contributed by atoms with Gasteiger partial charge in [-0.15, -0.1) is 0 Å². The van der Waals surface area contributed by atoms with E-state index in [2.05, 4.69) is 22.6 Å². The van der Waals surface area contributed by atoms with E-state index in [1.807, 2.05) is 24.3 Å². The summed E-state index contributed by atoms with van der Waals surface area (Å²) in [6.45, 7) is 0. The molecular formula is C11H8INO2S. The third-order valence-electron chi connectivity index (χ3n) is 2.15. The van der Waals surface area contributed by atoms with E-state index < -0.39 is 0 Å². The van der Waals surface area contributed by atoms with Crippen LogP contribution in [0.3, 0.4) is 0 Å². The molecule has 82 valence electrons. The van der Waals surface area contributed by atoms with Gasteiger partial charge in [-0.25, -0.2) is 0 Å². The first-order chi connectivity index (χ1) is 7.58. The average molecular weight is 345 g/mol. The number of imide groups is 1. The van der Waals surface area contributed by atoms with Crippen LogP contribution in [0.1, 0.15) is 5.56 Å². The lowest BCUT2D eigenvalue weighted by Crippen LogP contribution is -2.22. The SMILES string of the molecule is CN1C(=O)S/C(=C/c2ccc(I)cc2)C1=O. The number of carbonyl (C=O) groups is 2. The lowest BCUT2D eigenvalue weighted by atomic mass is 10.2.